The number of nitrogens with zero attached hydrogens (tertiary/aromatic N) is 3. The van der Waals surface area contributed by atoms with Gasteiger partial charge < -0.3 is 14.5 Å². The Labute approximate surface area is 187 Å². The summed E-state index contributed by atoms with van der Waals surface area (Å²) >= 11 is 9.43. The molecule has 0 aliphatic heterocycles. The highest BCUT2D eigenvalue weighted by atomic mass is 79.9. The molecule has 0 atom stereocenters. The van der Waals surface area contributed by atoms with Gasteiger partial charge in [0.2, 0.25) is 0 Å². The van der Waals surface area contributed by atoms with Gasteiger partial charge in [-0.05, 0) is 53.2 Å². The molecule has 0 saturated carbocycles. The van der Waals surface area contributed by atoms with Gasteiger partial charge in [-0.25, -0.2) is 9.97 Å². The van der Waals surface area contributed by atoms with E-state index < -0.39 is 0 Å². The Hall–Kier alpha value is -2.90. The third-order valence-corrected chi connectivity index (χ3v) is 5.26. The zero-order valence-electron chi connectivity index (χ0n) is 16.3. The molecule has 4 aromatic rings. The van der Waals surface area contributed by atoms with Gasteiger partial charge in [-0.15, -0.1) is 0 Å². The minimum atomic E-state index is 0.426. The van der Waals surface area contributed by atoms with Crippen molar-refractivity contribution in [1.29, 1.82) is 0 Å². The van der Waals surface area contributed by atoms with Crippen molar-refractivity contribution in [2.24, 2.45) is 0 Å². The van der Waals surface area contributed by atoms with Crippen molar-refractivity contribution >= 4 is 27.5 Å². The largest absolute Gasteiger partial charge is 0.496 e. The van der Waals surface area contributed by atoms with Crippen LogP contribution < -0.4 is 9.47 Å². The van der Waals surface area contributed by atoms with Gasteiger partial charge in [0, 0.05) is 40.8 Å². The van der Waals surface area contributed by atoms with E-state index in [-0.39, 0.29) is 0 Å². The van der Waals surface area contributed by atoms with Crippen molar-refractivity contribution in [3.63, 3.8) is 0 Å². The van der Waals surface area contributed by atoms with E-state index in [0.717, 1.165) is 32.7 Å². The second-order valence-electron chi connectivity index (χ2n) is 6.58. The Morgan fingerprint density at radius 3 is 2.63 bits per heavy atom. The zero-order valence-corrected chi connectivity index (χ0v) is 18.7. The van der Waals surface area contributed by atoms with Crippen LogP contribution >= 0.6 is 27.5 Å². The van der Waals surface area contributed by atoms with Crippen LogP contribution in [0.2, 0.25) is 5.15 Å². The number of rotatable bonds is 6. The van der Waals surface area contributed by atoms with Crippen molar-refractivity contribution in [2.75, 3.05) is 7.11 Å². The predicted molar refractivity (Wildman–Crippen MR) is 120 cm³/mol. The lowest BCUT2D eigenvalue weighted by molar-refractivity contribution is 0.303. The topological polar surface area (TPSA) is 72.9 Å². The van der Waals surface area contributed by atoms with Crippen molar-refractivity contribution in [3.8, 4) is 34.1 Å². The van der Waals surface area contributed by atoms with Crippen LogP contribution in [0.1, 0.15) is 11.3 Å². The summed E-state index contributed by atoms with van der Waals surface area (Å²) in [4.78, 5) is 16.3. The standard InChI is InChI=1S/C22H18BrClN4O2/c1-13-3-4-14(10-25-13)12-30-16-6-7-17(18(9-16)29-2)20-21(23)28-22(27-20)15-5-8-19(24)26-11-15/h3-11H,12H2,1-2H3,(H,27,28). The number of nitrogens with one attached hydrogen (secondary N) is 1. The molecular weight excluding hydrogens is 468 g/mol. The Kier molecular flexibility index (Phi) is 6.01. The van der Waals surface area contributed by atoms with E-state index >= 15 is 0 Å². The van der Waals surface area contributed by atoms with Crippen molar-refractivity contribution in [2.45, 2.75) is 13.5 Å². The number of aromatic amines is 1. The number of ether oxygens (including phenoxy) is 2. The van der Waals surface area contributed by atoms with Gasteiger partial charge in [-0.3, -0.25) is 4.98 Å². The lowest BCUT2D eigenvalue weighted by Gasteiger charge is -2.11. The molecule has 0 aliphatic carbocycles. The summed E-state index contributed by atoms with van der Waals surface area (Å²) in [5, 5.41) is 0.434. The summed E-state index contributed by atoms with van der Waals surface area (Å²) in [6, 6.07) is 13.2. The van der Waals surface area contributed by atoms with Crippen molar-refractivity contribution in [3.05, 3.63) is 75.9 Å². The highest BCUT2D eigenvalue weighted by Gasteiger charge is 2.16. The van der Waals surface area contributed by atoms with Gasteiger partial charge >= 0.3 is 0 Å². The number of aryl methyl sites for hydroxylation is 1. The molecule has 152 valence electrons. The monoisotopic (exact) mass is 484 g/mol. The fraction of sp³-hybridized carbons (Fsp3) is 0.136. The second-order valence-corrected chi connectivity index (χ2v) is 7.76. The number of methoxy groups -OCH3 is 1. The van der Waals surface area contributed by atoms with Crippen molar-refractivity contribution in [1.82, 2.24) is 19.9 Å². The molecule has 1 aromatic carbocycles. The summed E-state index contributed by atoms with van der Waals surface area (Å²) in [5.74, 6) is 2.03. The van der Waals surface area contributed by atoms with Crippen LogP contribution in [0.3, 0.4) is 0 Å². The van der Waals surface area contributed by atoms with Gasteiger partial charge in [-0.2, -0.15) is 0 Å². The molecule has 3 heterocycles. The average molecular weight is 486 g/mol. The predicted octanol–water partition coefficient (Wildman–Crippen LogP) is 5.85. The zero-order chi connectivity index (χ0) is 21.1. The van der Waals surface area contributed by atoms with Crippen LogP contribution in [-0.2, 0) is 6.61 Å². The number of imidazole rings is 1. The van der Waals surface area contributed by atoms with Gasteiger partial charge in [0.1, 0.15) is 39.4 Å². The summed E-state index contributed by atoms with van der Waals surface area (Å²) in [6.45, 7) is 2.38. The molecule has 6 nitrogen and oxygen atoms in total. The third kappa shape index (κ3) is 4.47. The van der Waals surface area contributed by atoms with Crippen molar-refractivity contribution < 1.29 is 9.47 Å². The molecule has 1 N–H and O–H groups in total. The first kappa shape index (κ1) is 20.4. The Balaban J connectivity index is 1.58. The Morgan fingerprint density at radius 2 is 1.93 bits per heavy atom. The third-order valence-electron chi connectivity index (χ3n) is 4.47. The first-order valence-electron chi connectivity index (χ1n) is 9.13. The lowest BCUT2D eigenvalue weighted by Crippen LogP contribution is -1.97. The molecular formula is C22H18BrClN4O2. The quantitative estimate of drug-likeness (QED) is 0.347. The van der Waals surface area contributed by atoms with Crippen LogP contribution in [0.15, 0.2) is 59.5 Å². The number of H-pyrrole nitrogens is 1. The molecule has 0 bridgehead atoms. The summed E-state index contributed by atoms with van der Waals surface area (Å²) < 4.78 is 12.2. The van der Waals surface area contributed by atoms with E-state index in [2.05, 4.69) is 30.9 Å². The fourth-order valence-electron chi connectivity index (χ4n) is 2.89. The maximum absolute atomic E-state index is 5.90. The Bertz CT molecular complexity index is 1160. The number of pyridine rings is 2. The maximum Gasteiger partial charge on any atom is 0.140 e. The van der Waals surface area contributed by atoms with E-state index in [9.17, 15) is 0 Å². The Morgan fingerprint density at radius 1 is 1.07 bits per heavy atom. The normalized spacial score (nSPS) is 10.8. The number of hydrogen-bond acceptors (Lipinski definition) is 5. The summed E-state index contributed by atoms with van der Waals surface area (Å²) in [6.07, 6.45) is 3.49. The smallest absolute Gasteiger partial charge is 0.140 e. The average Bonchev–Trinajstić information content (AvgIpc) is 3.15. The van der Waals surface area contributed by atoms with Crippen LogP contribution in [-0.4, -0.2) is 27.0 Å². The SMILES string of the molecule is COc1cc(OCc2ccc(C)nc2)ccc1-c1nc(-c2ccc(Cl)nc2)[nH]c1Br. The van der Waals surface area contributed by atoms with Gasteiger partial charge in [0.15, 0.2) is 0 Å². The van der Waals surface area contributed by atoms with Gasteiger partial charge in [-0.1, -0.05) is 17.7 Å². The van der Waals surface area contributed by atoms with Gasteiger partial charge in [0.25, 0.3) is 0 Å². The van der Waals surface area contributed by atoms with E-state index in [1.165, 1.54) is 0 Å². The van der Waals surface area contributed by atoms with Crippen LogP contribution in [0, 0.1) is 6.92 Å². The second kappa shape index (κ2) is 8.85. The molecule has 0 amide bonds. The minimum Gasteiger partial charge on any atom is -0.496 e. The highest BCUT2D eigenvalue weighted by Crippen LogP contribution is 2.37. The lowest BCUT2D eigenvalue weighted by atomic mass is 10.1. The van der Waals surface area contributed by atoms with Crippen LogP contribution in [0.25, 0.3) is 22.6 Å². The number of benzene rings is 1. The molecule has 30 heavy (non-hydrogen) atoms. The first-order valence-corrected chi connectivity index (χ1v) is 10.3. The molecule has 3 aromatic heterocycles. The minimum absolute atomic E-state index is 0.426. The maximum atomic E-state index is 5.90. The van der Waals surface area contributed by atoms with Crippen LogP contribution in [0.5, 0.6) is 11.5 Å². The molecule has 0 fully saturated rings. The van der Waals surface area contributed by atoms with Gasteiger partial charge in [0.05, 0.1) is 7.11 Å². The molecule has 4 rings (SSSR count). The van der Waals surface area contributed by atoms with E-state index in [1.54, 1.807) is 19.4 Å². The van der Waals surface area contributed by atoms with Crippen LogP contribution in [0.4, 0.5) is 0 Å². The molecule has 0 radical (unpaired) electrons. The highest BCUT2D eigenvalue weighted by molar-refractivity contribution is 9.10. The molecule has 0 spiro atoms. The molecule has 0 unspecified atom stereocenters. The number of aromatic nitrogens is 4. The van der Waals surface area contributed by atoms with E-state index in [1.807, 2.05) is 49.5 Å². The fourth-order valence-corrected chi connectivity index (χ4v) is 3.49. The number of hydrogen-bond donors (Lipinski definition) is 1. The summed E-state index contributed by atoms with van der Waals surface area (Å²) in [5.41, 5.74) is 4.37. The summed E-state index contributed by atoms with van der Waals surface area (Å²) in [7, 11) is 1.62. The van der Waals surface area contributed by atoms with E-state index in [4.69, 9.17) is 26.1 Å². The number of halogens is 2. The molecule has 0 aliphatic rings. The molecule has 0 saturated heterocycles. The van der Waals surface area contributed by atoms with E-state index in [0.29, 0.717) is 29.1 Å². The first-order chi connectivity index (χ1) is 14.5. The molecule has 8 heteroatoms.